The summed E-state index contributed by atoms with van der Waals surface area (Å²) in [6.07, 6.45) is 1.66. The number of benzene rings is 2. The van der Waals surface area contributed by atoms with Gasteiger partial charge < -0.3 is 5.32 Å². The summed E-state index contributed by atoms with van der Waals surface area (Å²) in [5.41, 5.74) is 1.64. The zero-order chi connectivity index (χ0) is 23.5. The van der Waals surface area contributed by atoms with E-state index in [0.29, 0.717) is 10.5 Å². The molecule has 32 heavy (non-hydrogen) atoms. The van der Waals surface area contributed by atoms with E-state index < -0.39 is 27.1 Å². The van der Waals surface area contributed by atoms with Gasteiger partial charge in [0.05, 0.1) is 9.80 Å². The number of hydrogen-bond acceptors (Lipinski definition) is 6. The van der Waals surface area contributed by atoms with Crippen LogP contribution in [0.25, 0.3) is 6.08 Å². The molecule has 10 heteroatoms. The molecule has 0 atom stereocenters. The van der Waals surface area contributed by atoms with E-state index in [1.807, 2.05) is 30.3 Å². The highest BCUT2D eigenvalue weighted by Gasteiger charge is 2.34. The quantitative estimate of drug-likeness (QED) is 0.620. The Balaban J connectivity index is 1.66. The predicted molar refractivity (Wildman–Crippen MR) is 124 cm³/mol. The number of amides is 3. The number of imide groups is 1. The van der Waals surface area contributed by atoms with Crippen LogP contribution in [0.1, 0.15) is 21.5 Å². The molecule has 168 valence electrons. The predicted octanol–water partition coefficient (Wildman–Crippen LogP) is 2.71. The number of thioether (sulfide) groups is 1. The minimum atomic E-state index is -3.68. The summed E-state index contributed by atoms with van der Waals surface area (Å²) in [4.78, 5) is 38.9. The molecule has 0 unspecified atom stereocenters. The maximum Gasteiger partial charge on any atom is 0.293 e. The molecule has 0 saturated carbocycles. The van der Waals surface area contributed by atoms with Gasteiger partial charge in [-0.05, 0) is 48.0 Å². The lowest BCUT2D eigenvalue weighted by molar-refractivity contribution is -0.122. The van der Waals surface area contributed by atoms with Crippen LogP contribution in [0.5, 0.6) is 0 Å². The third kappa shape index (κ3) is 5.09. The molecule has 0 radical (unpaired) electrons. The van der Waals surface area contributed by atoms with Gasteiger partial charge >= 0.3 is 0 Å². The zero-order valence-electron chi connectivity index (χ0n) is 17.9. The second-order valence-corrected chi connectivity index (χ2v) is 10.4. The first kappa shape index (κ1) is 23.7. The van der Waals surface area contributed by atoms with E-state index in [9.17, 15) is 22.8 Å². The van der Waals surface area contributed by atoms with Crippen LogP contribution in [-0.4, -0.2) is 61.9 Å². The van der Waals surface area contributed by atoms with Crippen LogP contribution in [0.4, 0.5) is 4.79 Å². The number of rotatable bonds is 7. The van der Waals surface area contributed by atoms with Crippen molar-refractivity contribution < 1.29 is 22.8 Å². The molecule has 0 aliphatic carbocycles. The highest BCUT2D eigenvalue weighted by atomic mass is 32.2. The molecule has 1 heterocycles. The minimum Gasteiger partial charge on any atom is -0.350 e. The standard InChI is InChI=1S/C22H23N3O5S2/c1-15-9-10-17(32(29,30)24(2)3)14-18(15)20(26)23-11-12-25-21(27)19(31-22(25)28)13-16-7-5-4-6-8-16/h4-10,13-14H,11-12H2,1-3H3,(H,23,26)/b19-13-. The number of sulfonamides is 1. The highest BCUT2D eigenvalue weighted by molar-refractivity contribution is 8.18. The average Bonchev–Trinajstić information content (AvgIpc) is 3.01. The van der Waals surface area contributed by atoms with E-state index in [4.69, 9.17) is 0 Å². The Morgan fingerprint density at radius 1 is 1.12 bits per heavy atom. The maximum atomic E-state index is 12.6. The molecule has 3 rings (SSSR count). The molecular weight excluding hydrogens is 450 g/mol. The molecule has 0 bridgehead atoms. The van der Waals surface area contributed by atoms with E-state index in [1.54, 1.807) is 19.1 Å². The molecule has 2 aromatic rings. The van der Waals surface area contributed by atoms with Gasteiger partial charge in [0.1, 0.15) is 0 Å². The van der Waals surface area contributed by atoms with Crippen molar-refractivity contribution in [2.75, 3.05) is 27.2 Å². The molecule has 8 nitrogen and oxygen atoms in total. The normalized spacial score (nSPS) is 15.6. The Labute approximate surface area is 191 Å². The highest BCUT2D eigenvalue weighted by Crippen LogP contribution is 2.31. The first-order valence-corrected chi connectivity index (χ1v) is 12.0. The summed E-state index contributed by atoms with van der Waals surface area (Å²) < 4.78 is 25.8. The SMILES string of the molecule is Cc1ccc(S(=O)(=O)N(C)C)cc1C(=O)NCCN1C(=O)S/C(=C\c2ccccc2)C1=O. The van der Waals surface area contributed by atoms with E-state index in [-0.39, 0.29) is 23.5 Å². The lowest BCUT2D eigenvalue weighted by Crippen LogP contribution is -2.37. The Morgan fingerprint density at radius 2 is 1.81 bits per heavy atom. The molecule has 1 saturated heterocycles. The fourth-order valence-corrected chi connectivity index (χ4v) is 4.78. The van der Waals surface area contributed by atoms with Gasteiger partial charge in [-0.3, -0.25) is 19.3 Å². The van der Waals surface area contributed by atoms with Crippen molar-refractivity contribution in [1.29, 1.82) is 0 Å². The van der Waals surface area contributed by atoms with Crippen LogP contribution in [0.3, 0.4) is 0 Å². The van der Waals surface area contributed by atoms with Gasteiger partial charge in [0, 0.05) is 32.7 Å². The van der Waals surface area contributed by atoms with Gasteiger partial charge in [-0.15, -0.1) is 0 Å². The van der Waals surface area contributed by atoms with Gasteiger partial charge in [0.2, 0.25) is 10.0 Å². The molecule has 1 aliphatic rings. The van der Waals surface area contributed by atoms with Crippen LogP contribution in [0, 0.1) is 6.92 Å². The largest absolute Gasteiger partial charge is 0.350 e. The fraction of sp³-hybridized carbons (Fsp3) is 0.227. The summed E-state index contributed by atoms with van der Waals surface area (Å²) in [6, 6.07) is 13.5. The molecule has 1 aliphatic heterocycles. The summed E-state index contributed by atoms with van der Waals surface area (Å²) in [6.45, 7) is 1.75. The second kappa shape index (κ2) is 9.68. The topological polar surface area (TPSA) is 104 Å². The molecule has 2 aromatic carbocycles. The average molecular weight is 474 g/mol. The van der Waals surface area contributed by atoms with Gasteiger partial charge in [-0.2, -0.15) is 0 Å². The Hall–Kier alpha value is -2.95. The van der Waals surface area contributed by atoms with Gasteiger partial charge in [-0.1, -0.05) is 36.4 Å². The van der Waals surface area contributed by atoms with Crippen LogP contribution >= 0.6 is 11.8 Å². The van der Waals surface area contributed by atoms with Crippen molar-refractivity contribution in [3.05, 3.63) is 70.1 Å². The summed E-state index contributed by atoms with van der Waals surface area (Å²) in [7, 11) is -0.855. The lowest BCUT2D eigenvalue weighted by atomic mass is 10.1. The number of nitrogens with one attached hydrogen (secondary N) is 1. The first-order chi connectivity index (χ1) is 15.1. The van der Waals surface area contributed by atoms with Gasteiger partial charge in [-0.25, -0.2) is 12.7 Å². The molecule has 0 aromatic heterocycles. The number of aryl methyl sites for hydroxylation is 1. The van der Waals surface area contributed by atoms with E-state index >= 15 is 0 Å². The van der Waals surface area contributed by atoms with Crippen molar-refractivity contribution in [2.45, 2.75) is 11.8 Å². The van der Waals surface area contributed by atoms with Crippen molar-refractivity contribution in [3.8, 4) is 0 Å². The van der Waals surface area contributed by atoms with Crippen LogP contribution in [-0.2, 0) is 14.8 Å². The molecule has 1 fully saturated rings. The maximum absolute atomic E-state index is 12.6. The van der Waals surface area contributed by atoms with Gasteiger partial charge in [0.15, 0.2) is 0 Å². The van der Waals surface area contributed by atoms with Crippen LogP contribution in [0.15, 0.2) is 58.3 Å². The minimum absolute atomic E-state index is 0.00948. The smallest absolute Gasteiger partial charge is 0.293 e. The Kier molecular flexibility index (Phi) is 7.17. The van der Waals surface area contributed by atoms with Crippen molar-refractivity contribution >= 4 is 44.9 Å². The Morgan fingerprint density at radius 3 is 2.47 bits per heavy atom. The summed E-state index contributed by atoms with van der Waals surface area (Å²) >= 11 is 0.856. The summed E-state index contributed by atoms with van der Waals surface area (Å²) in [5.74, 6) is -0.890. The van der Waals surface area contributed by atoms with E-state index in [0.717, 1.165) is 26.5 Å². The molecule has 1 N–H and O–H groups in total. The summed E-state index contributed by atoms with van der Waals surface area (Å²) in [5, 5.41) is 2.26. The fourth-order valence-electron chi connectivity index (χ4n) is 2.99. The zero-order valence-corrected chi connectivity index (χ0v) is 19.5. The van der Waals surface area contributed by atoms with E-state index in [2.05, 4.69) is 5.32 Å². The number of nitrogens with zero attached hydrogens (tertiary/aromatic N) is 2. The first-order valence-electron chi connectivity index (χ1n) is 9.73. The van der Waals surface area contributed by atoms with Crippen molar-refractivity contribution in [3.63, 3.8) is 0 Å². The monoisotopic (exact) mass is 473 g/mol. The van der Waals surface area contributed by atoms with Crippen LogP contribution in [0.2, 0.25) is 0 Å². The molecular formula is C22H23N3O5S2. The third-order valence-corrected chi connectivity index (χ3v) is 7.54. The van der Waals surface area contributed by atoms with Crippen LogP contribution < -0.4 is 5.32 Å². The number of hydrogen-bond donors (Lipinski definition) is 1. The Bertz CT molecular complexity index is 1190. The lowest BCUT2D eigenvalue weighted by Gasteiger charge is -2.15. The number of carbonyl (C=O) groups excluding carboxylic acids is 3. The van der Waals surface area contributed by atoms with Crippen molar-refractivity contribution in [1.82, 2.24) is 14.5 Å². The second-order valence-electron chi connectivity index (χ2n) is 7.26. The third-order valence-electron chi connectivity index (χ3n) is 4.82. The van der Waals surface area contributed by atoms with Gasteiger partial charge in [0.25, 0.3) is 17.1 Å². The molecule has 0 spiro atoms. The van der Waals surface area contributed by atoms with Crippen molar-refractivity contribution in [2.24, 2.45) is 0 Å². The number of carbonyl (C=O) groups is 3. The molecule has 3 amide bonds. The van der Waals surface area contributed by atoms with E-state index in [1.165, 1.54) is 26.2 Å².